The molecular formula is C9H14IN3O. The van der Waals surface area contributed by atoms with Crippen LogP contribution in [0.25, 0.3) is 0 Å². The molecule has 4 nitrogen and oxygen atoms in total. The topological polar surface area (TPSA) is 49.2 Å². The second-order valence-electron chi connectivity index (χ2n) is 3.73. The maximum absolute atomic E-state index is 9.18. The summed E-state index contributed by atoms with van der Waals surface area (Å²) in [6, 6.07) is 0. The summed E-state index contributed by atoms with van der Waals surface area (Å²) in [5.41, 5.74) is -0.340. The molecule has 1 rings (SSSR count). The van der Waals surface area contributed by atoms with Crippen molar-refractivity contribution in [2.75, 3.05) is 18.6 Å². The lowest BCUT2D eigenvalue weighted by Gasteiger charge is -2.33. The summed E-state index contributed by atoms with van der Waals surface area (Å²) >= 11 is 2.16. The molecule has 14 heavy (non-hydrogen) atoms. The third-order valence-corrected chi connectivity index (χ3v) is 2.76. The molecule has 5 heteroatoms. The van der Waals surface area contributed by atoms with E-state index in [9.17, 15) is 5.11 Å². The standard InChI is InChI=1S/C9H14IN3O/c1-9(2,6-14)13(3)8-11-4-7(10)5-12-8/h4-5,14H,6H2,1-3H3. The Labute approximate surface area is 97.5 Å². The first-order valence-corrected chi connectivity index (χ1v) is 5.37. The van der Waals surface area contributed by atoms with Gasteiger partial charge < -0.3 is 10.0 Å². The van der Waals surface area contributed by atoms with Crippen LogP contribution >= 0.6 is 22.6 Å². The van der Waals surface area contributed by atoms with E-state index >= 15 is 0 Å². The van der Waals surface area contributed by atoms with E-state index in [-0.39, 0.29) is 12.1 Å². The quantitative estimate of drug-likeness (QED) is 0.855. The van der Waals surface area contributed by atoms with Crippen molar-refractivity contribution in [1.82, 2.24) is 9.97 Å². The summed E-state index contributed by atoms with van der Waals surface area (Å²) in [7, 11) is 1.87. The molecule has 1 aromatic heterocycles. The first-order valence-electron chi connectivity index (χ1n) is 4.29. The highest BCUT2D eigenvalue weighted by Crippen LogP contribution is 2.17. The smallest absolute Gasteiger partial charge is 0.225 e. The molecule has 0 fully saturated rings. The number of aliphatic hydroxyl groups is 1. The number of aliphatic hydroxyl groups excluding tert-OH is 1. The van der Waals surface area contributed by atoms with E-state index in [1.54, 1.807) is 12.4 Å². The Bertz CT molecular complexity index is 299. The van der Waals surface area contributed by atoms with Gasteiger partial charge in [-0.3, -0.25) is 0 Å². The second kappa shape index (κ2) is 4.39. The molecule has 0 amide bonds. The van der Waals surface area contributed by atoms with Crippen LogP contribution in [-0.2, 0) is 0 Å². The molecule has 0 aromatic carbocycles. The van der Waals surface area contributed by atoms with E-state index in [1.807, 2.05) is 25.8 Å². The van der Waals surface area contributed by atoms with Crippen molar-refractivity contribution in [3.63, 3.8) is 0 Å². The van der Waals surface area contributed by atoms with Crippen molar-refractivity contribution < 1.29 is 5.11 Å². The number of anilines is 1. The van der Waals surface area contributed by atoms with Crippen molar-refractivity contribution in [2.45, 2.75) is 19.4 Å². The highest BCUT2D eigenvalue weighted by Gasteiger charge is 2.24. The van der Waals surface area contributed by atoms with Gasteiger partial charge in [0.05, 0.1) is 12.1 Å². The number of aromatic nitrogens is 2. The maximum Gasteiger partial charge on any atom is 0.225 e. The van der Waals surface area contributed by atoms with Gasteiger partial charge in [0.1, 0.15) is 0 Å². The predicted molar refractivity (Wildman–Crippen MR) is 64.3 cm³/mol. The minimum Gasteiger partial charge on any atom is -0.394 e. The third kappa shape index (κ3) is 2.54. The lowest BCUT2D eigenvalue weighted by atomic mass is 10.1. The molecule has 0 saturated carbocycles. The van der Waals surface area contributed by atoms with Crippen molar-refractivity contribution in [3.05, 3.63) is 16.0 Å². The van der Waals surface area contributed by atoms with Gasteiger partial charge in [-0.15, -0.1) is 0 Å². The largest absolute Gasteiger partial charge is 0.394 e. The van der Waals surface area contributed by atoms with Crippen molar-refractivity contribution in [3.8, 4) is 0 Å². The molecule has 1 aromatic rings. The molecule has 0 saturated heterocycles. The second-order valence-corrected chi connectivity index (χ2v) is 4.98. The van der Waals surface area contributed by atoms with Gasteiger partial charge >= 0.3 is 0 Å². The van der Waals surface area contributed by atoms with Crippen LogP contribution in [0.2, 0.25) is 0 Å². The molecule has 0 aliphatic carbocycles. The SMILES string of the molecule is CN(c1ncc(I)cn1)C(C)(C)CO. The van der Waals surface area contributed by atoms with Gasteiger partial charge in [0, 0.05) is 23.0 Å². The Hall–Kier alpha value is -0.430. The summed E-state index contributed by atoms with van der Waals surface area (Å²) in [6.45, 7) is 3.95. The molecule has 78 valence electrons. The maximum atomic E-state index is 9.18. The Balaban J connectivity index is 2.89. The summed E-state index contributed by atoms with van der Waals surface area (Å²) < 4.78 is 1.00. The summed E-state index contributed by atoms with van der Waals surface area (Å²) in [6.07, 6.45) is 3.51. The molecular weight excluding hydrogens is 293 g/mol. The molecule has 0 aliphatic heterocycles. The molecule has 1 N–H and O–H groups in total. The van der Waals surface area contributed by atoms with Gasteiger partial charge in [0.15, 0.2) is 0 Å². The molecule has 0 atom stereocenters. The molecule has 0 bridgehead atoms. The summed E-state index contributed by atoms with van der Waals surface area (Å²) in [5.74, 6) is 0.629. The Morgan fingerprint density at radius 2 is 1.93 bits per heavy atom. The number of hydrogen-bond acceptors (Lipinski definition) is 4. The fourth-order valence-electron chi connectivity index (χ4n) is 0.855. The minimum atomic E-state index is -0.340. The normalized spacial score (nSPS) is 11.5. The zero-order valence-electron chi connectivity index (χ0n) is 8.53. The summed E-state index contributed by atoms with van der Waals surface area (Å²) in [5, 5.41) is 9.18. The molecule has 0 spiro atoms. The van der Waals surface area contributed by atoms with Crippen LogP contribution in [0.15, 0.2) is 12.4 Å². The van der Waals surface area contributed by atoms with Gasteiger partial charge in [-0.2, -0.15) is 0 Å². The zero-order valence-corrected chi connectivity index (χ0v) is 10.7. The van der Waals surface area contributed by atoms with Gasteiger partial charge in [-0.25, -0.2) is 9.97 Å². The average molecular weight is 307 g/mol. The fraction of sp³-hybridized carbons (Fsp3) is 0.556. The van der Waals surface area contributed by atoms with E-state index < -0.39 is 0 Å². The molecule has 0 unspecified atom stereocenters. The van der Waals surface area contributed by atoms with E-state index in [1.165, 1.54) is 0 Å². The lowest BCUT2D eigenvalue weighted by molar-refractivity contribution is 0.215. The van der Waals surface area contributed by atoms with Gasteiger partial charge in [-0.05, 0) is 36.4 Å². The molecule has 0 radical (unpaired) electrons. The van der Waals surface area contributed by atoms with Crippen LogP contribution in [0.4, 0.5) is 5.95 Å². The van der Waals surface area contributed by atoms with E-state index in [4.69, 9.17) is 0 Å². The van der Waals surface area contributed by atoms with Crippen LogP contribution < -0.4 is 4.90 Å². The van der Waals surface area contributed by atoms with Crippen LogP contribution in [0.5, 0.6) is 0 Å². The third-order valence-electron chi connectivity index (χ3n) is 2.20. The van der Waals surface area contributed by atoms with Crippen LogP contribution in [-0.4, -0.2) is 34.3 Å². The molecule has 1 heterocycles. The van der Waals surface area contributed by atoms with Crippen molar-refractivity contribution in [2.24, 2.45) is 0 Å². The Kier molecular flexibility index (Phi) is 3.65. The average Bonchev–Trinajstić information content (AvgIpc) is 2.18. The number of nitrogens with zero attached hydrogens (tertiary/aromatic N) is 3. The van der Waals surface area contributed by atoms with Crippen LogP contribution in [0.1, 0.15) is 13.8 Å². The first-order chi connectivity index (χ1) is 6.47. The number of rotatable bonds is 3. The fourth-order valence-corrected chi connectivity index (χ4v) is 1.13. The Morgan fingerprint density at radius 3 is 2.36 bits per heavy atom. The molecule has 0 aliphatic rings. The highest BCUT2D eigenvalue weighted by molar-refractivity contribution is 14.1. The zero-order chi connectivity index (χ0) is 10.8. The lowest BCUT2D eigenvalue weighted by Crippen LogP contribution is -2.45. The van der Waals surface area contributed by atoms with Gasteiger partial charge in [-0.1, -0.05) is 0 Å². The van der Waals surface area contributed by atoms with E-state index in [2.05, 4.69) is 32.6 Å². The monoisotopic (exact) mass is 307 g/mol. The van der Waals surface area contributed by atoms with Gasteiger partial charge in [0.2, 0.25) is 5.95 Å². The minimum absolute atomic E-state index is 0.0683. The van der Waals surface area contributed by atoms with E-state index in [0.29, 0.717) is 5.95 Å². The van der Waals surface area contributed by atoms with Crippen molar-refractivity contribution in [1.29, 1.82) is 0 Å². The number of halogens is 1. The highest BCUT2D eigenvalue weighted by atomic mass is 127. The predicted octanol–water partition coefficient (Wildman–Crippen LogP) is 1.29. The number of hydrogen-bond donors (Lipinski definition) is 1. The summed E-state index contributed by atoms with van der Waals surface area (Å²) in [4.78, 5) is 10.2. The van der Waals surface area contributed by atoms with E-state index in [0.717, 1.165) is 3.57 Å². The van der Waals surface area contributed by atoms with Crippen LogP contribution in [0.3, 0.4) is 0 Å². The van der Waals surface area contributed by atoms with Crippen LogP contribution in [0, 0.1) is 3.57 Å². The Morgan fingerprint density at radius 1 is 1.43 bits per heavy atom. The van der Waals surface area contributed by atoms with Crippen molar-refractivity contribution >= 4 is 28.5 Å². The first kappa shape index (κ1) is 11.6. The number of likely N-dealkylation sites (N-methyl/N-ethyl adjacent to an activating group) is 1. The van der Waals surface area contributed by atoms with Gasteiger partial charge in [0.25, 0.3) is 0 Å².